The molecule has 0 bridgehead atoms. The molecular formula is C16H22N4OS. The summed E-state index contributed by atoms with van der Waals surface area (Å²) < 4.78 is 1.89. The highest BCUT2D eigenvalue weighted by atomic mass is 32.1. The predicted octanol–water partition coefficient (Wildman–Crippen LogP) is 2.53. The van der Waals surface area contributed by atoms with Crippen LogP contribution in [0.4, 0.5) is 0 Å². The van der Waals surface area contributed by atoms with E-state index in [1.165, 1.54) is 17.0 Å². The smallest absolute Gasteiger partial charge is 0.242 e. The predicted molar refractivity (Wildman–Crippen MR) is 87.1 cm³/mol. The van der Waals surface area contributed by atoms with E-state index in [-0.39, 0.29) is 5.91 Å². The van der Waals surface area contributed by atoms with Crippen LogP contribution in [0.25, 0.3) is 0 Å². The van der Waals surface area contributed by atoms with Gasteiger partial charge in [-0.1, -0.05) is 0 Å². The van der Waals surface area contributed by atoms with Gasteiger partial charge in [0.1, 0.15) is 12.4 Å². The highest BCUT2D eigenvalue weighted by Gasteiger charge is 2.26. The number of fused-ring (bicyclic) bond motifs is 1. The van der Waals surface area contributed by atoms with Crippen LogP contribution >= 0.6 is 11.3 Å². The molecule has 1 amide bonds. The van der Waals surface area contributed by atoms with Crippen molar-refractivity contribution < 1.29 is 4.79 Å². The molecule has 0 radical (unpaired) electrons. The third kappa shape index (κ3) is 3.06. The summed E-state index contributed by atoms with van der Waals surface area (Å²) in [6, 6.07) is 0. The molecule has 1 atom stereocenters. The van der Waals surface area contributed by atoms with Crippen LogP contribution < -0.4 is 0 Å². The fourth-order valence-corrected chi connectivity index (χ4v) is 4.14. The summed E-state index contributed by atoms with van der Waals surface area (Å²) in [4.78, 5) is 24.5. The molecule has 2 heterocycles. The van der Waals surface area contributed by atoms with Gasteiger partial charge in [0, 0.05) is 36.8 Å². The zero-order valence-corrected chi connectivity index (χ0v) is 14.2. The highest BCUT2D eigenvalue weighted by molar-refractivity contribution is 7.11. The Labute approximate surface area is 135 Å². The van der Waals surface area contributed by atoms with Crippen molar-refractivity contribution in [1.29, 1.82) is 0 Å². The summed E-state index contributed by atoms with van der Waals surface area (Å²) in [5.74, 6) is 1.38. The highest BCUT2D eigenvalue weighted by Crippen LogP contribution is 2.34. The Bertz CT molecular complexity index is 675. The molecule has 1 unspecified atom stereocenters. The number of imidazole rings is 1. The molecule has 0 saturated carbocycles. The van der Waals surface area contributed by atoms with Crippen molar-refractivity contribution in [2.24, 2.45) is 0 Å². The van der Waals surface area contributed by atoms with Gasteiger partial charge in [0.05, 0.1) is 10.7 Å². The minimum absolute atomic E-state index is 0.125. The van der Waals surface area contributed by atoms with Gasteiger partial charge in [-0.2, -0.15) is 0 Å². The Kier molecular flexibility index (Phi) is 4.29. The Morgan fingerprint density at radius 3 is 3.05 bits per heavy atom. The van der Waals surface area contributed by atoms with Crippen molar-refractivity contribution in [3.8, 4) is 0 Å². The van der Waals surface area contributed by atoms with E-state index in [4.69, 9.17) is 4.98 Å². The molecule has 1 aliphatic rings. The Balaban J connectivity index is 1.66. The van der Waals surface area contributed by atoms with E-state index in [1.54, 1.807) is 6.20 Å². The summed E-state index contributed by atoms with van der Waals surface area (Å²) in [5.41, 5.74) is 1.23. The van der Waals surface area contributed by atoms with Gasteiger partial charge in [0.25, 0.3) is 0 Å². The molecule has 0 aliphatic heterocycles. The summed E-state index contributed by atoms with van der Waals surface area (Å²) in [5, 5.41) is 1.14. The number of likely N-dealkylation sites (N-methyl/N-ethyl adjacent to an activating group) is 1. The number of hydrogen-bond donors (Lipinski definition) is 0. The molecular weight excluding hydrogens is 296 g/mol. The zero-order valence-electron chi connectivity index (χ0n) is 13.4. The third-order valence-corrected chi connectivity index (χ3v) is 5.37. The van der Waals surface area contributed by atoms with Gasteiger partial charge in [-0.25, -0.2) is 9.97 Å². The lowest BCUT2D eigenvalue weighted by molar-refractivity contribution is -0.130. The molecule has 6 heteroatoms. The fourth-order valence-electron chi connectivity index (χ4n) is 3.08. The maximum atomic E-state index is 12.4. The SMILES string of the molecule is Cc1nc2c(s1)CCCC2CN(C)C(=O)Cn1ccnc1C. The van der Waals surface area contributed by atoms with Crippen molar-refractivity contribution in [2.75, 3.05) is 13.6 Å². The van der Waals surface area contributed by atoms with Crippen LogP contribution in [0.1, 0.15) is 40.2 Å². The number of hydrogen-bond acceptors (Lipinski definition) is 4. The molecule has 5 nitrogen and oxygen atoms in total. The molecule has 118 valence electrons. The monoisotopic (exact) mass is 318 g/mol. The van der Waals surface area contributed by atoms with Gasteiger partial charge in [-0.15, -0.1) is 11.3 Å². The van der Waals surface area contributed by atoms with Gasteiger partial charge in [0.15, 0.2) is 0 Å². The second-order valence-electron chi connectivity index (χ2n) is 6.01. The number of thiazole rings is 1. The minimum atomic E-state index is 0.125. The maximum Gasteiger partial charge on any atom is 0.242 e. The zero-order chi connectivity index (χ0) is 15.7. The maximum absolute atomic E-state index is 12.4. The van der Waals surface area contributed by atoms with Crippen LogP contribution in [0.15, 0.2) is 12.4 Å². The number of nitrogens with zero attached hydrogens (tertiary/aromatic N) is 4. The second-order valence-corrected chi connectivity index (χ2v) is 7.29. The van der Waals surface area contributed by atoms with Crippen molar-refractivity contribution in [1.82, 2.24) is 19.4 Å². The molecule has 2 aromatic heterocycles. The number of carbonyl (C=O) groups excluding carboxylic acids is 1. The average Bonchev–Trinajstić information content (AvgIpc) is 3.05. The summed E-state index contributed by atoms with van der Waals surface area (Å²) in [7, 11) is 1.89. The summed E-state index contributed by atoms with van der Waals surface area (Å²) >= 11 is 1.81. The van der Waals surface area contributed by atoms with Crippen LogP contribution in [-0.4, -0.2) is 38.9 Å². The lowest BCUT2D eigenvalue weighted by Gasteiger charge is -2.26. The Morgan fingerprint density at radius 1 is 1.50 bits per heavy atom. The van der Waals surface area contributed by atoms with E-state index in [1.807, 2.05) is 41.0 Å². The standard InChI is InChI=1S/C16H22N4OS/c1-11-17-7-8-20(11)10-15(21)19(3)9-13-5-4-6-14-16(13)18-12(2)22-14/h7-8,13H,4-6,9-10H2,1-3H3. The molecule has 0 fully saturated rings. The quantitative estimate of drug-likeness (QED) is 0.870. The average molecular weight is 318 g/mol. The largest absolute Gasteiger partial charge is 0.344 e. The first-order valence-corrected chi connectivity index (χ1v) is 8.54. The minimum Gasteiger partial charge on any atom is -0.344 e. The third-order valence-electron chi connectivity index (χ3n) is 4.33. The number of aryl methyl sites for hydroxylation is 3. The Morgan fingerprint density at radius 2 is 2.32 bits per heavy atom. The number of amides is 1. The van der Waals surface area contributed by atoms with E-state index in [0.29, 0.717) is 12.5 Å². The molecule has 0 N–H and O–H groups in total. The number of rotatable bonds is 4. The van der Waals surface area contributed by atoms with E-state index < -0.39 is 0 Å². The van der Waals surface area contributed by atoms with Gasteiger partial charge in [-0.05, 0) is 33.1 Å². The lowest BCUT2D eigenvalue weighted by Crippen LogP contribution is -2.34. The van der Waals surface area contributed by atoms with Crippen LogP contribution in [-0.2, 0) is 17.8 Å². The van der Waals surface area contributed by atoms with E-state index in [0.717, 1.165) is 30.2 Å². The van der Waals surface area contributed by atoms with Gasteiger partial charge >= 0.3 is 0 Å². The summed E-state index contributed by atoms with van der Waals surface area (Å²) in [6.07, 6.45) is 7.04. The molecule has 1 aliphatic carbocycles. The molecule has 2 aromatic rings. The van der Waals surface area contributed by atoms with E-state index in [2.05, 4.69) is 11.9 Å². The van der Waals surface area contributed by atoms with E-state index in [9.17, 15) is 4.79 Å². The number of aromatic nitrogens is 3. The van der Waals surface area contributed by atoms with Crippen molar-refractivity contribution in [2.45, 2.75) is 45.6 Å². The van der Waals surface area contributed by atoms with E-state index >= 15 is 0 Å². The lowest BCUT2D eigenvalue weighted by atomic mass is 9.90. The van der Waals surface area contributed by atoms with Crippen LogP contribution in [0.3, 0.4) is 0 Å². The normalized spacial score (nSPS) is 17.3. The van der Waals surface area contributed by atoms with Gasteiger partial charge in [0.2, 0.25) is 5.91 Å². The van der Waals surface area contributed by atoms with Crippen molar-refractivity contribution in [3.05, 3.63) is 33.8 Å². The van der Waals surface area contributed by atoms with Gasteiger partial charge in [-0.3, -0.25) is 4.79 Å². The van der Waals surface area contributed by atoms with Crippen molar-refractivity contribution in [3.63, 3.8) is 0 Å². The Hall–Kier alpha value is -1.69. The van der Waals surface area contributed by atoms with Crippen molar-refractivity contribution >= 4 is 17.2 Å². The number of carbonyl (C=O) groups is 1. The topological polar surface area (TPSA) is 51.0 Å². The molecule has 3 rings (SSSR count). The molecule has 0 spiro atoms. The fraction of sp³-hybridized carbons (Fsp3) is 0.562. The second kappa shape index (κ2) is 6.20. The molecule has 0 saturated heterocycles. The molecule has 0 aromatic carbocycles. The van der Waals surface area contributed by atoms with Gasteiger partial charge < -0.3 is 9.47 Å². The summed E-state index contributed by atoms with van der Waals surface area (Å²) in [6.45, 7) is 5.09. The first-order valence-electron chi connectivity index (χ1n) is 7.72. The first kappa shape index (κ1) is 15.2. The van der Waals surface area contributed by atoms with Crippen LogP contribution in [0, 0.1) is 13.8 Å². The molecule has 22 heavy (non-hydrogen) atoms. The van der Waals surface area contributed by atoms with Crippen LogP contribution in [0.2, 0.25) is 0 Å². The first-order chi connectivity index (χ1) is 10.5. The van der Waals surface area contributed by atoms with Crippen LogP contribution in [0.5, 0.6) is 0 Å².